The molecule has 0 aromatic rings. The Morgan fingerprint density at radius 3 is 2.67 bits per heavy atom. The minimum atomic E-state index is -3.18. The Bertz CT molecular complexity index is 483. The van der Waals surface area contributed by atoms with E-state index in [1.165, 1.54) is 0 Å². The average molecular weight is 362 g/mol. The summed E-state index contributed by atoms with van der Waals surface area (Å²) in [6, 6.07) is -0.0543. The third-order valence-corrected chi connectivity index (χ3v) is 6.09. The zero-order valence-electron chi connectivity index (χ0n) is 14.5. The first-order valence-electron chi connectivity index (χ1n) is 8.97. The molecule has 2 saturated heterocycles. The molecule has 2 aliphatic heterocycles. The SMILES string of the molecule is CCCS(=O)(=O)NC1CCN(C(=O)CCOCC2CCCO2)CC1. The quantitative estimate of drug-likeness (QED) is 0.616. The van der Waals surface area contributed by atoms with Crippen molar-refractivity contribution in [3.05, 3.63) is 0 Å². The second-order valence-corrected chi connectivity index (χ2v) is 8.43. The number of amides is 1. The molecule has 24 heavy (non-hydrogen) atoms. The molecular formula is C16H30N2O5S. The largest absolute Gasteiger partial charge is 0.378 e. The number of rotatable bonds is 9. The Kier molecular flexibility index (Phi) is 7.93. The van der Waals surface area contributed by atoms with Crippen LogP contribution in [-0.4, -0.2) is 70.0 Å². The molecule has 140 valence electrons. The van der Waals surface area contributed by atoms with E-state index in [4.69, 9.17) is 9.47 Å². The van der Waals surface area contributed by atoms with Gasteiger partial charge in [0.05, 0.1) is 31.5 Å². The lowest BCUT2D eigenvalue weighted by Crippen LogP contribution is -2.47. The lowest BCUT2D eigenvalue weighted by atomic mass is 10.1. The molecular weight excluding hydrogens is 332 g/mol. The summed E-state index contributed by atoms with van der Waals surface area (Å²) in [6.07, 6.45) is 4.64. The van der Waals surface area contributed by atoms with Crippen molar-refractivity contribution in [3.63, 3.8) is 0 Å². The Morgan fingerprint density at radius 2 is 2.04 bits per heavy atom. The Hall–Kier alpha value is -0.700. The highest BCUT2D eigenvalue weighted by Gasteiger charge is 2.25. The van der Waals surface area contributed by atoms with Crippen LogP contribution in [-0.2, 0) is 24.3 Å². The van der Waals surface area contributed by atoms with Gasteiger partial charge in [0.2, 0.25) is 15.9 Å². The zero-order valence-corrected chi connectivity index (χ0v) is 15.4. The summed E-state index contributed by atoms with van der Waals surface area (Å²) in [7, 11) is -3.18. The van der Waals surface area contributed by atoms with Crippen LogP contribution in [0.15, 0.2) is 0 Å². The fourth-order valence-corrected chi connectivity index (χ4v) is 4.54. The first kappa shape index (κ1) is 19.6. The first-order valence-corrected chi connectivity index (χ1v) is 10.6. The summed E-state index contributed by atoms with van der Waals surface area (Å²) >= 11 is 0. The van der Waals surface area contributed by atoms with Gasteiger partial charge in [-0.05, 0) is 32.1 Å². The smallest absolute Gasteiger partial charge is 0.224 e. The maximum absolute atomic E-state index is 12.2. The highest BCUT2D eigenvalue weighted by Crippen LogP contribution is 2.14. The molecule has 0 radical (unpaired) electrons. The maximum Gasteiger partial charge on any atom is 0.224 e. The van der Waals surface area contributed by atoms with Crippen molar-refractivity contribution in [2.45, 2.75) is 57.6 Å². The van der Waals surface area contributed by atoms with E-state index in [0.717, 1.165) is 19.4 Å². The van der Waals surface area contributed by atoms with Crippen LogP contribution in [0.25, 0.3) is 0 Å². The van der Waals surface area contributed by atoms with Crippen LogP contribution in [0.5, 0.6) is 0 Å². The molecule has 1 N–H and O–H groups in total. The number of likely N-dealkylation sites (tertiary alicyclic amines) is 1. The lowest BCUT2D eigenvalue weighted by molar-refractivity contribution is -0.133. The second-order valence-electron chi connectivity index (χ2n) is 6.55. The van der Waals surface area contributed by atoms with Crippen molar-refractivity contribution in [3.8, 4) is 0 Å². The van der Waals surface area contributed by atoms with Crippen LogP contribution >= 0.6 is 0 Å². The zero-order chi connectivity index (χ0) is 17.4. The van der Waals surface area contributed by atoms with Crippen molar-refractivity contribution in [1.29, 1.82) is 0 Å². The normalized spacial score (nSPS) is 22.9. The predicted octanol–water partition coefficient (Wildman–Crippen LogP) is 0.893. The third-order valence-electron chi connectivity index (χ3n) is 4.45. The van der Waals surface area contributed by atoms with Crippen LogP contribution in [0.3, 0.4) is 0 Å². The molecule has 7 nitrogen and oxygen atoms in total. The molecule has 2 fully saturated rings. The molecule has 0 spiro atoms. The standard InChI is InChI=1S/C16H30N2O5S/c1-2-12-24(20,21)17-14-5-8-18(9-6-14)16(19)7-11-22-13-15-4-3-10-23-15/h14-15,17H,2-13H2,1H3. The van der Waals surface area contributed by atoms with E-state index in [-0.39, 0.29) is 23.8 Å². The molecule has 0 aromatic heterocycles. The minimum absolute atomic E-state index is 0.0543. The Balaban J connectivity index is 1.59. The van der Waals surface area contributed by atoms with Gasteiger partial charge in [0.15, 0.2) is 0 Å². The highest BCUT2D eigenvalue weighted by molar-refractivity contribution is 7.89. The van der Waals surface area contributed by atoms with Crippen molar-refractivity contribution in [2.24, 2.45) is 0 Å². The number of carbonyl (C=O) groups excluding carboxylic acids is 1. The van der Waals surface area contributed by atoms with Crippen LogP contribution in [0.2, 0.25) is 0 Å². The summed E-state index contributed by atoms with van der Waals surface area (Å²) in [6.45, 7) is 4.84. The lowest BCUT2D eigenvalue weighted by Gasteiger charge is -2.32. The van der Waals surface area contributed by atoms with Gasteiger partial charge >= 0.3 is 0 Å². The van der Waals surface area contributed by atoms with Gasteiger partial charge in [0.25, 0.3) is 0 Å². The number of hydrogen-bond donors (Lipinski definition) is 1. The van der Waals surface area contributed by atoms with E-state index in [9.17, 15) is 13.2 Å². The van der Waals surface area contributed by atoms with Crippen LogP contribution < -0.4 is 4.72 Å². The van der Waals surface area contributed by atoms with Crippen molar-refractivity contribution < 1.29 is 22.7 Å². The first-order chi connectivity index (χ1) is 11.5. The van der Waals surface area contributed by atoms with E-state index in [2.05, 4.69) is 4.72 Å². The van der Waals surface area contributed by atoms with Gasteiger partial charge in [0, 0.05) is 25.7 Å². The minimum Gasteiger partial charge on any atom is -0.378 e. The molecule has 2 aliphatic rings. The van der Waals surface area contributed by atoms with Crippen LogP contribution in [0, 0.1) is 0 Å². The fraction of sp³-hybridized carbons (Fsp3) is 0.938. The number of ether oxygens (including phenoxy) is 2. The fourth-order valence-electron chi connectivity index (χ4n) is 3.14. The molecule has 1 unspecified atom stereocenters. The predicted molar refractivity (Wildman–Crippen MR) is 91.2 cm³/mol. The molecule has 0 aromatic carbocycles. The number of nitrogens with zero attached hydrogens (tertiary/aromatic N) is 1. The van der Waals surface area contributed by atoms with E-state index < -0.39 is 10.0 Å². The van der Waals surface area contributed by atoms with Gasteiger partial charge in [-0.3, -0.25) is 4.79 Å². The molecule has 2 heterocycles. The summed E-state index contributed by atoms with van der Waals surface area (Å²) < 4.78 is 37.3. The van der Waals surface area contributed by atoms with E-state index in [0.29, 0.717) is 52.0 Å². The molecule has 2 rings (SSSR count). The number of nitrogens with one attached hydrogen (secondary N) is 1. The number of piperidine rings is 1. The molecule has 0 aliphatic carbocycles. The third kappa shape index (κ3) is 6.66. The van der Waals surface area contributed by atoms with Gasteiger partial charge in [-0.2, -0.15) is 0 Å². The van der Waals surface area contributed by atoms with E-state index in [1.807, 2.05) is 6.92 Å². The van der Waals surface area contributed by atoms with Gasteiger partial charge in [-0.15, -0.1) is 0 Å². The summed E-state index contributed by atoms with van der Waals surface area (Å²) in [5.74, 6) is 0.242. The Morgan fingerprint density at radius 1 is 1.29 bits per heavy atom. The molecule has 8 heteroatoms. The van der Waals surface area contributed by atoms with E-state index in [1.54, 1.807) is 4.90 Å². The van der Waals surface area contributed by atoms with Crippen molar-refractivity contribution in [1.82, 2.24) is 9.62 Å². The number of sulfonamides is 1. The maximum atomic E-state index is 12.2. The number of carbonyl (C=O) groups is 1. The number of hydrogen-bond acceptors (Lipinski definition) is 5. The second kappa shape index (κ2) is 9.70. The summed E-state index contributed by atoms with van der Waals surface area (Å²) in [4.78, 5) is 14.0. The highest BCUT2D eigenvalue weighted by atomic mass is 32.2. The molecule has 0 saturated carbocycles. The summed E-state index contributed by atoms with van der Waals surface area (Å²) in [5, 5.41) is 0. The summed E-state index contributed by atoms with van der Waals surface area (Å²) in [5.41, 5.74) is 0. The van der Waals surface area contributed by atoms with Gasteiger partial charge in [0.1, 0.15) is 0 Å². The monoisotopic (exact) mass is 362 g/mol. The van der Waals surface area contributed by atoms with Gasteiger partial charge in [-0.25, -0.2) is 13.1 Å². The molecule has 1 amide bonds. The van der Waals surface area contributed by atoms with Crippen molar-refractivity contribution >= 4 is 15.9 Å². The van der Waals surface area contributed by atoms with Crippen molar-refractivity contribution in [2.75, 3.05) is 38.7 Å². The Labute approximate surface area is 145 Å². The average Bonchev–Trinajstić information content (AvgIpc) is 3.05. The topological polar surface area (TPSA) is 84.9 Å². The molecule has 0 bridgehead atoms. The van der Waals surface area contributed by atoms with Gasteiger partial charge < -0.3 is 14.4 Å². The van der Waals surface area contributed by atoms with Crippen LogP contribution in [0.4, 0.5) is 0 Å². The van der Waals surface area contributed by atoms with Crippen LogP contribution in [0.1, 0.15) is 45.4 Å². The van der Waals surface area contributed by atoms with Gasteiger partial charge in [-0.1, -0.05) is 6.92 Å². The molecule has 1 atom stereocenters. The van der Waals surface area contributed by atoms with E-state index >= 15 is 0 Å².